The number of aliphatic hydroxyl groups is 1. The molecule has 7 nitrogen and oxygen atoms in total. The van der Waals surface area contributed by atoms with Crippen molar-refractivity contribution in [2.75, 3.05) is 20.3 Å². The Labute approximate surface area is 180 Å². The van der Waals surface area contributed by atoms with Crippen molar-refractivity contribution in [2.24, 2.45) is 0 Å². The highest BCUT2D eigenvalue weighted by Gasteiger charge is 2.34. The first-order valence-electron chi connectivity index (χ1n) is 10.1. The predicted octanol–water partition coefficient (Wildman–Crippen LogP) is 2.54. The third kappa shape index (κ3) is 7.16. The molecule has 31 heavy (non-hydrogen) atoms. The van der Waals surface area contributed by atoms with Crippen molar-refractivity contribution in [3.8, 4) is 0 Å². The first-order chi connectivity index (χ1) is 14.4. The molecule has 1 unspecified atom stereocenters. The van der Waals surface area contributed by atoms with Gasteiger partial charge in [-0.05, 0) is 56.9 Å². The van der Waals surface area contributed by atoms with Gasteiger partial charge in [0.25, 0.3) is 0 Å². The minimum absolute atomic E-state index is 0.0820. The average Bonchev–Trinajstić information content (AvgIpc) is 2.73. The number of nitrogens with zero attached hydrogens (tertiary/aromatic N) is 1. The smallest absolute Gasteiger partial charge is 0.394 e. The fourth-order valence-corrected chi connectivity index (χ4v) is 4.88. The summed E-state index contributed by atoms with van der Waals surface area (Å²) in [6.07, 6.45) is -2.10. The molecule has 0 aromatic heterocycles. The van der Waals surface area contributed by atoms with Crippen LogP contribution in [0.5, 0.6) is 0 Å². The van der Waals surface area contributed by atoms with E-state index >= 15 is 0 Å². The van der Waals surface area contributed by atoms with Crippen LogP contribution in [-0.4, -0.2) is 62.2 Å². The summed E-state index contributed by atoms with van der Waals surface area (Å²) in [5.74, 6) is -0.211. The molecule has 0 bridgehead atoms. The van der Waals surface area contributed by atoms with Crippen molar-refractivity contribution < 1.29 is 36.2 Å². The molecule has 176 valence electrons. The Morgan fingerprint density at radius 2 is 1.81 bits per heavy atom. The Bertz CT molecular complexity index is 822. The number of sulfonamides is 1. The average molecular weight is 467 g/mol. The van der Waals surface area contributed by atoms with E-state index < -0.39 is 21.8 Å². The zero-order valence-corrected chi connectivity index (χ0v) is 18.4. The number of hydrogen-bond acceptors (Lipinski definition) is 5. The summed E-state index contributed by atoms with van der Waals surface area (Å²) >= 11 is 0. The van der Waals surface area contributed by atoms with Crippen LogP contribution in [0.2, 0.25) is 0 Å². The molecule has 2 rings (SSSR count). The van der Waals surface area contributed by atoms with Crippen molar-refractivity contribution in [1.29, 1.82) is 0 Å². The SMILES string of the molecule is CC(CO)NC(=O)CCOC1CCC(N(C)S(=O)(=O)c2ccc(C(F)(F)F)cc2)CC1. The molecule has 1 fully saturated rings. The van der Waals surface area contributed by atoms with E-state index in [2.05, 4.69) is 5.32 Å². The van der Waals surface area contributed by atoms with Gasteiger partial charge < -0.3 is 15.2 Å². The summed E-state index contributed by atoms with van der Waals surface area (Å²) < 4.78 is 70.6. The molecule has 0 aliphatic heterocycles. The van der Waals surface area contributed by atoms with Crippen LogP contribution in [0, 0.1) is 0 Å². The highest BCUT2D eigenvalue weighted by molar-refractivity contribution is 7.89. The number of aliphatic hydroxyl groups excluding tert-OH is 1. The Morgan fingerprint density at radius 3 is 2.32 bits per heavy atom. The maximum Gasteiger partial charge on any atom is 0.416 e. The first-order valence-corrected chi connectivity index (χ1v) is 11.6. The Hall–Kier alpha value is -1.69. The Kier molecular flexibility index (Phi) is 8.87. The molecule has 0 saturated heterocycles. The van der Waals surface area contributed by atoms with Gasteiger partial charge in [0.15, 0.2) is 0 Å². The number of hydrogen-bond donors (Lipinski definition) is 2. The number of carbonyl (C=O) groups is 1. The number of ether oxygens (including phenoxy) is 1. The van der Waals surface area contributed by atoms with Gasteiger partial charge in [-0.2, -0.15) is 17.5 Å². The van der Waals surface area contributed by atoms with Crippen molar-refractivity contribution in [3.63, 3.8) is 0 Å². The van der Waals surface area contributed by atoms with Crippen molar-refractivity contribution in [2.45, 2.75) is 68.3 Å². The molecule has 11 heteroatoms. The minimum atomic E-state index is -4.52. The van der Waals surface area contributed by atoms with Crippen molar-refractivity contribution >= 4 is 15.9 Å². The van der Waals surface area contributed by atoms with Crippen LogP contribution in [-0.2, 0) is 25.7 Å². The second kappa shape index (κ2) is 10.8. The van der Waals surface area contributed by atoms with Crippen LogP contribution in [0.4, 0.5) is 13.2 Å². The van der Waals surface area contributed by atoms with E-state index in [0.717, 1.165) is 24.3 Å². The van der Waals surface area contributed by atoms with Crippen LogP contribution in [0.3, 0.4) is 0 Å². The fourth-order valence-electron chi connectivity index (χ4n) is 3.46. The number of amides is 1. The molecule has 1 aliphatic rings. The van der Waals surface area contributed by atoms with E-state index in [4.69, 9.17) is 9.84 Å². The van der Waals surface area contributed by atoms with Crippen LogP contribution >= 0.6 is 0 Å². The molecule has 0 radical (unpaired) electrons. The van der Waals surface area contributed by atoms with Crippen molar-refractivity contribution in [1.82, 2.24) is 9.62 Å². The van der Waals surface area contributed by atoms with Crippen molar-refractivity contribution in [3.05, 3.63) is 29.8 Å². The molecule has 1 saturated carbocycles. The maximum atomic E-state index is 12.8. The molecule has 1 aromatic rings. The Morgan fingerprint density at radius 1 is 1.23 bits per heavy atom. The lowest BCUT2D eigenvalue weighted by Gasteiger charge is -2.34. The van der Waals surface area contributed by atoms with Gasteiger partial charge in [0.1, 0.15) is 0 Å². The quantitative estimate of drug-likeness (QED) is 0.583. The van der Waals surface area contributed by atoms with Gasteiger partial charge in [0.05, 0.1) is 29.8 Å². The number of halogens is 3. The van der Waals surface area contributed by atoms with Crippen LogP contribution in [0.15, 0.2) is 29.2 Å². The molecule has 0 spiro atoms. The third-order valence-corrected chi connectivity index (χ3v) is 7.30. The molecule has 1 aliphatic carbocycles. The fraction of sp³-hybridized carbons (Fsp3) is 0.650. The second-order valence-corrected chi connectivity index (χ2v) is 9.74. The molecule has 2 N–H and O–H groups in total. The minimum Gasteiger partial charge on any atom is -0.394 e. The highest BCUT2D eigenvalue weighted by atomic mass is 32.2. The number of benzene rings is 1. The van der Waals surface area contributed by atoms with E-state index in [0.29, 0.717) is 25.7 Å². The lowest BCUT2D eigenvalue weighted by Crippen LogP contribution is -2.41. The van der Waals surface area contributed by atoms with E-state index in [1.165, 1.54) is 11.4 Å². The molecule has 0 heterocycles. The van der Waals surface area contributed by atoms with Gasteiger partial charge in [-0.25, -0.2) is 8.42 Å². The Balaban J connectivity index is 1.84. The lowest BCUT2D eigenvalue weighted by atomic mass is 9.93. The van der Waals surface area contributed by atoms with E-state index in [-0.39, 0.29) is 48.6 Å². The van der Waals surface area contributed by atoms with Crippen LogP contribution in [0.25, 0.3) is 0 Å². The van der Waals surface area contributed by atoms with Gasteiger partial charge in [0.2, 0.25) is 15.9 Å². The number of alkyl halides is 3. The van der Waals surface area contributed by atoms with Gasteiger partial charge >= 0.3 is 6.18 Å². The zero-order chi connectivity index (χ0) is 23.2. The summed E-state index contributed by atoms with van der Waals surface area (Å²) in [5.41, 5.74) is -0.897. The summed E-state index contributed by atoms with van der Waals surface area (Å²) in [7, 11) is -2.47. The third-order valence-electron chi connectivity index (χ3n) is 5.38. The highest BCUT2D eigenvalue weighted by Crippen LogP contribution is 2.32. The van der Waals surface area contributed by atoms with E-state index in [1.54, 1.807) is 6.92 Å². The second-order valence-electron chi connectivity index (χ2n) is 7.75. The molecule has 1 aromatic carbocycles. The summed E-state index contributed by atoms with van der Waals surface area (Å²) in [6.45, 7) is 1.79. The predicted molar refractivity (Wildman–Crippen MR) is 108 cm³/mol. The van der Waals surface area contributed by atoms with Gasteiger partial charge in [-0.1, -0.05) is 0 Å². The van der Waals surface area contributed by atoms with Crippen LogP contribution in [0.1, 0.15) is 44.6 Å². The first kappa shape index (κ1) is 25.6. The monoisotopic (exact) mass is 466 g/mol. The molecular weight excluding hydrogens is 437 g/mol. The number of nitrogens with one attached hydrogen (secondary N) is 1. The topological polar surface area (TPSA) is 95.9 Å². The number of carbonyl (C=O) groups excluding carboxylic acids is 1. The largest absolute Gasteiger partial charge is 0.416 e. The molecular formula is C20H29F3N2O5S. The standard InChI is InChI=1S/C20H29F3N2O5S/c1-14(13-26)24-19(27)11-12-30-17-7-5-16(6-8-17)25(2)31(28,29)18-9-3-15(4-10-18)20(21,22)23/h3-4,9-10,14,16-17,26H,5-8,11-13H2,1-2H3,(H,24,27). The normalized spacial score (nSPS) is 21.1. The van der Waals surface area contributed by atoms with Gasteiger partial charge in [0, 0.05) is 25.6 Å². The van der Waals surface area contributed by atoms with Gasteiger partial charge in [-0.15, -0.1) is 0 Å². The number of rotatable bonds is 9. The molecule has 1 amide bonds. The van der Waals surface area contributed by atoms with E-state index in [1.807, 2.05) is 0 Å². The maximum absolute atomic E-state index is 12.8. The summed E-state index contributed by atoms with van der Waals surface area (Å²) in [6, 6.07) is 2.90. The summed E-state index contributed by atoms with van der Waals surface area (Å²) in [5, 5.41) is 11.5. The van der Waals surface area contributed by atoms with Crippen LogP contribution < -0.4 is 5.32 Å². The van der Waals surface area contributed by atoms with Gasteiger partial charge in [-0.3, -0.25) is 4.79 Å². The molecule has 1 atom stereocenters. The zero-order valence-electron chi connectivity index (χ0n) is 17.6. The summed E-state index contributed by atoms with van der Waals surface area (Å²) in [4.78, 5) is 11.5. The van der Waals surface area contributed by atoms with E-state index in [9.17, 15) is 26.4 Å². The lowest BCUT2D eigenvalue weighted by molar-refractivity contribution is -0.137.